The van der Waals surface area contributed by atoms with E-state index in [0.29, 0.717) is 22.8 Å². The molecule has 0 spiro atoms. The van der Waals surface area contributed by atoms with Gasteiger partial charge in [0.15, 0.2) is 17.8 Å². The normalized spacial score (nSPS) is 9.93. The lowest BCUT2D eigenvalue weighted by molar-refractivity contribution is 0.112. The van der Waals surface area contributed by atoms with Crippen LogP contribution in [0.5, 0.6) is 11.5 Å². The largest absolute Gasteiger partial charge is 0.451 e. The number of nitrogens with zero attached hydrogens (tertiary/aromatic N) is 1. The van der Waals surface area contributed by atoms with E-state index in [-0.39, 0.29) is 0 Å². The second-order valence-electron chi connectivity index (χ2n) is 3.00. The zero-order valence-corrected chi connectivity index (χ0v) is 8.14. The van der Waals surface area contributed by atoms with Gasteiger partial charge in [0, 0.05) is 6.92 Å². The fraction of sp³-hybridized carbons (Fsp3) is 0.0909. The first-order chi connectivity index (χ1) is 7.31. The number of aldehydes is 1. The summed E-state index contributed by atoms with van der Waals surface area (Å²) in [7, 11) is 0. The van der Waals surface area contributed by atoms with Crippen molar-refractivity contribution in [1.82, 2.24) is 5.16 Å². The Morgan fingerprint density at radius 3 is 2.80 bits per heavy atom. The minimum atomic E-state index is 0.498. The first kappa shape index (κ1) is 9.45. The van der Waals surface area contributed by atoms with Crippen molar-refractivity contribution in [3.05, 3.63) is 41.8 Å². The predicted molar refractivity (Wildman–Crippen MR) is 53.1 cm³/mol. The highest BCUT2D eigenvalue weighted by atomic mass is 16.5. The van der Waals surface area contributed by atoms with Crippen LogP contribution >= 0.6 is 0 Å². The molecule has 1 aromatic carbocycles. The summed E-state index contributed by atoms with van der Waals surface area (Å²) in [5.74, 6) is 1.60. The number of rotatable bonds is 3. The van der Waals surface area contributed by atoms with Crippen LogP contribution < -0.4 is 4.74 Å². The molecule has 1 aromatic heterocycles. The van der Waals surface area contributed by atoms with Gasteiger partial charge in [-0.25, -0.2) is 0 Å². The molecule has 0 amide bonds. The van der Waals surface area contributed by atoms with E-state index in [4.69, 9.17) is 9.26 Å². The van der Waals surface area contributed by atoms with Crippen molar-refractivity contribution < 1.29 is 14.1 Å². The third kappa shape index (κ3) is 1.88. The van der Waals surface area contributed by atoms with Gasteiger partial charge in [-0.1, -0.05) is 17.3 Å². The first-order valence-electron chi connectivity index (χ1n) is 4.44. The van der Waals surface area contributed by atoms with E-state index in [0.717, 1.165) is 6.29 Å². The van der Waals surface area contributed by atoms with E-state index >= 15 is 0 Å². The standard InChI is InChI=1S/C11H9NO3/c1-8-11(6-12-15-8)14-10-5-3-2-4-9(10)7-13/h2-7H,1H3. The van der Waals surface area contributed by atoms with Gasteiger partial charge in [-0.15, -0.1) is 0 Å². The molecule has 0 radical (unpaired) electrons. The minimum Gasteiger partial charge on any atom is -0.451 e. The van der Waals surface area contributed by atoms with Crippen molar-refractivity contribution in [2.45, 2.75) is 6.92 Å². The van der Waals surface area contributed by atoms with Gasteiger partial charge in [0.1, 0.15) is 11.9 Å². The van der Waals surface area contributed by atoms with Crippen LogP contribution in [0.4, 0.5) is 0 Å². The number of aryl methyl sites for hydroxylation is 1. The topological polar surface area (TPSA) is 52.3 Å². The maximum Gasteiger partial charge on any atom is 0.189 e. The Hall–Kier alpha value is -2.10. The molecule has 0 unspecified atom stereocenters. The zero-order chi connectivity index (χ0) is 10.7. The van der Waals surface area contributed by atoms with Crippen LogP contribution in [-0.2, 0) is 0 Å². The monoisotopic (exact) mass is 203 g/mol. The SMILES string of the molecule is Cc1oncc1Oc1ccccc1C=O. The summed E-state index contributed by atoms with van der Waals surface area (Å²) in [4.78, 5) is 10.7. The van der Waals surface area contributed by atoms with Crippen molar-refractivity contribution in [1.29, 1.82) is 0 Å². The van der Waals surface area contributed by atoms with Gasteiger partial charge in [-0.2, -0.15) is 0 Å². The van der Waals surface area contributed by atoms with Crippen molar-refractivity contribution in [3.63, 3.8) is 0 Å². The number of carbonyl (C=O) groups excluding carboxylic acids is 1. The third-order valence-electron chi connectivity index (χ3n) is 1.97. The number of carbonyl (C=O) groups is 1. The molecular formula is C11H9NO3. The number of para-hydroxylation sites is 1. The fourth-order valence-corrected chi connectivity index (χ4v) is 1.18. The average Bonchev–Trinajstić information content (AvgIpc) is 2.65. The number of hydrogen-bond donors (Lipinski definition) is 0. The molecule has 2 rings (SSSR count). The molecule has 0 aliphatic heterocycles. The second kappa shape index (κ2) is 3.96. The van der Waals surface area contributed by atoms with E-state index in [2.05, 4.69) is 5.16 Å². The molecule has 15 heavy (non-hydrogen) atoms. The van der Waals surface area contributed by atoms with Gasteiger partial charge in [0.25, 0.3) is 0 Å². The van der Waals surface area contributed by atoms with E-state index < -0.39 is 0 Å². The molecule has 4 heteroatoms. The molecule has 4 nitrogen and oxygen atoms in total. The average molecular weight is 203 g/mol. The molecule has 0 bridgehead atoms. The zero-order valence-electron chi connectivity index (χ0n) is 8.14. The third-order valence-corrected chi connectivity index (χ3v) is 1.97. The minimum absolute atomic E-state index is 0.498. The quantitative estimate of drug-likeness (QED) is 0.719. The molecule has 76 valence electrons. The van der Waals surface area contributed by atoms with Gasteiger partial charge in [0.2, 0.25) is 0 Å². The van der Waals surface area contributed by atoms with Crippen molar-refractivity contribution in [2.75, 3.05) is 0 Å². The summed E-state index contributed by atoms with van der Waals surface area (Å²) in [6.07, 6.45) is 2.22. The summed E-state index contributed by atoms with van der Waals surface area (Å²) in [5, 5.41) is 3.59. The number of benzene rings is 1. The molecule has 0 atom stereocenters. The molecule has 1 heterocycles. The highest BCUT2D eigenvalue weighted by Gasteiger charge is 2.08. The van der Waals surface area contributed by atoms with E-state index in [9.17, 15) is 4.79 Å². The molecule has 0 saturated carbocycles. The smallest absolute Gasteiger partial charge is 0.189 e. The maximum absolute atomic E-state index is 10.7. The lowest BCUT2D eigenvalue weighted by Gasteiger charge is -2.04. The van der Waals surface area contributed by atoms with E-state index in [1.54, 1.807) is 31.2 Å². The second-order valence-corrected chi connectivity index (χ2v) is 3.00. The van der Waals surface area contributed by atoms with Crippen LogP contribution in [0.15, 0.2) is 35.0 Å². The molecule has 0 aliphatic rings. The van der Waals surface area contributed by atoms with Crippen LogP contribution in [-0.4, -0.2) is 11.4 Å². The summed E-state index contributed by atoms with van der Waals surface area (Å²) in [6.45, 7) is 1.74. The Morgan fingerprint density at radius 2 is 2.13 bits per heavy atom. The van der Waals surface area contributed by atoms with Gasteiger partial charge in [-0.3, -0.25) is 4.79 Å². The fourth-order valence-electron chi connectivity index (χ4n) is 1.18. The molecule has 0 fully saturated rings. The Kier molecular flexibility index (Phi) is 2.49. The molecule has 0 saturated heterocycles. The van der Waals surface area contributed by atoms with Gasteiger partial charge < -0.3 is 9.26 Å². The highest BCUT2D eigenvalue weighted by Crippen LogP contribution is 2.26. The van der Waals surface area contributed by atoms with Gasteiger partial charge in [-0.05, 0) is 12.1 Å². The van der Waals surface area contributed by atoms with Crippen LogP contribution in [0.1, 0.15) is 16.1 Å². The highest BCUT2D eigenvalue weighted by molar-refractivity contribution is 5.79. The Morgan fingerprint density at radius 1 is 1.33 bits per heavy atom. The summed E-state index contributed by atoms with van der Waals surface area (Å²) >= 11 is 0. The maximum atomic E-state index is 10.7. The van der Waals surface area contributed by atoms with Crippen molar-refractivity contribution in [3.8, 4) is 11.5 Å². The Balaban J connectivity index is 2.32. The number of ether oxygens (including phenoxy) is 1. The van der Waals surface area contributed by atoms with Crippen LogP contribution in [0, 0.1) is 6.92 Å². The molecule has 2 aromatic rings. The van der Waals surface area contributed by atoms with Gasteiger partial charge >= 0.3 is 0 Å². The van der Waals surface area contributed by atoms with Crippen molar-refractivity contribution in [2.24, 2.45) is 0 Å². The Labute approximate surface area is 86.5 Å². The van der Waals surface area contributed by atoms with E-state index in [1.807, 2.05) is 0 Å². The van der Waals surface area contributed by atoms with Crippen molar-refractivity contribution >= 4 is 6.29 Å². The predicted octanol–water partition coefficient (Wildman–Crippen LogP) is 2.59. The molecule has 0 aliphatic carbocycles. The lowest BCUT2D eigenvalue weighted by Crippen LogP contribution is -1.89. The summed E-state index contributed by atoms with van der Waals surface area (Å²) < 4.78 is 10.3. The van der Waals surface area contributed by atoms with Crippen LogP contribution in [0.3, 0.4) is 0 Å². The molecule has 0 N–H and O–H groups in total. The van der Waals surface area contributed by atoms with E-state index in [1.165, 1.54) is 6.20 Å². The molecular weight excluding hydrogens is 194 g/mol. The summed E-state index contributed by atoms with van der Waals surface area (Å²) in [6, 6.07) is 6.98. The lowest BCUT2D eigenvalue weighted by atomic mass is 10.2. The Bertz CT molecular complexity index is 476. The number of hydrogen-bond acceptors (Lipinski definition) is 4. The first-order valence-corrected chi connectivity index (χ1v) is 4.44. The van der Waals surface area contributed by atoms with Crippen LogP contribution in [0.25, 0.3) is 0 Å². The summed E-state index contributed by atoms with van der Waals surface area (Å²) in [5.41, 5.74) is 0.498. The van der Waals surface area contributed by atoms with Gasteiger partial charge in [0.05, 0.1) is 5.56 Å². The van der Waals surface area contributed by atoms with Crippen LogP contribution in [0.2, 0.25) is 0 Å². The number of aromatic nitrogens is 1.